The second-order valence-electron chi connectivity index (χ2n) is 3.88. The van der Waals surface area contributed by atoms with Crippen molar-refractivity contribution in [3.8, 4) is 0 Å². The van der Waals surface area contributed by atoms with E-state index in [0.717, 1.165) is 5.82 Å². The summed E-state index contributed by atoms with van der Waals surface area (Å²) in [5.41, 5.74) is 8.24. The van der Waals surface area contributed by atoms with Gasteiger partial charge in [-0.2, -0.15) is 0 Å². The first-order chi connectivity index (χ1) is 6.24. The Kier molecular flexibility index (Phi) is 2.12. The molecule has 2 N–H and O–H groups in total. The van der Waals surface area contributed by atoms with Crippen molar-refractivity contribution < 1.29 is 0 Å². The average molecular weight is 179 g/mol. The summed E-state index contributed by atoms with van der Waals surface area (Å²) in [7, 11) is 0. The number of fused-ring (bicyclic) bond motifs is 1. The minimum absolute atomic E-state index is 0.561. The van der Waals surface area contributed by atoms with Gasteiger partial charge < -0.3 is 10.3 Å². The molecule has 0 spiro atoms. The zero-order valence-corrected chi connectivity index (χ0v) is 8.38. The van der Waals surface area contributed by atoms with Gasteiger partial charge >= 0.3 is 0 Å². The van der Waals surface area contributed by atoms with Crippen molar-refractivity contribution >= 4 is 0 Å². The highest BCUT2D eigenvalue weighted by Gasteiger charge is 2.21. The molecule has 0 aliphatic carbocycles. The summed E-state index contributed by atoms with van der Waals surface area (Å²) in [6.45, 7) is 4.90. The topological polar surface area (TPSA) is 43.8 Å². The van der Waals surface area contributed by atoms with Crippen LogP contribution in [0.1, 0.15) is 43.0 Å². The maximum Gasteiger partial charge on any atom is 0.123 e. The van der Waals surface area contributed by atoms with Crippen molar-refractivity contribution in [1.82, 2.24) is 9.55 Å². The molecule has 1 aromatic heterocycles. The summed E-state index contributed by atoms with van der Waals surface area (Å²) < 4.78 is 2.33. The number of hydrogen-bond acceptors (Lipinski definition) is 2. The SMILES string of the molecule is Cc1nc(CN)n2c1CCCC2C. The first-order valence-corrected chi connectivity index (χ1v) is 5.00. The molecule has 3 nitrogen and oxygen atoms in total. The van der Waals surface area contributed by atoms with Crippen LogP contribution in [0.15, 0.2) is 0 Å². The first-order valence-electron chi connectivity index (χ1n) is 5.00. The second kappa shape index (κ2) is 3.14. The molecule has 1 atom stereocenters. The molecule has 1 aliphatic heterocycles. The van der Waals surface area contributed by atoms with E-state index in [2.05, 4.69) is 23.4 Å². The Hall–Kier alpha value is -0.830. The van der Waals surface area contributed by atoms with Gasteiger partial charge in [-0.1, -0.05) is 0 Å². The van der Waals surface area contributed by atoms with E-state index >= 15 is 0 Å². The molecule has 0 bridgehead atoms. The van der Waals surface area contributed by atoms with Crippen LogP contribution in [-0.2, 0) is 13.0 Å². The highest BCUT2D eigenvalue weighted by Crippen LogP contribution is 2.27. The van der Waals surface area contributed by atoms with Crippen molar-refractivity contribution in [2.45, 2.75) is 45.7 Å². The number of nitrogens with two attached hydrogens (primary N) is 1. The number of nitrogens with zero attached hydrogens (tertiary/aromatic N) is 2. The third-order valence-electron chi connectivity index (χ3n) is 2.94. The predicted octanol–water partition coefficient (Wildman–Crippen LogP) is 1.55. The highest BCUT2D eigenvalue weighted by atomic mass is 15.1. The average Bonchev–Trinajstić information content (AvgIpc) is 2.45. The smallest absolute Gasteiger partial charge is 0.123 e. The summed E-state index contributed by atoms with van der Waals surface area (Å²) in [4.78, 5) is 4.50. The van der Waals surface area contributed by atoms with Gasteiger partial charge in [-0.05, 0) is 33.1 Å². The molecule has 0 aromatic carbocycles. The molecule has 3 heteroatoms. The molecule has 0 saturated heterocycles. The van der Waals surface area contributed by atoms with Crippen molar-refractivity contribution in [3.63, 3.8) is 0 Å². The van der Waals surface area contributed by atoms with Crippen molar-refractivity contribution in [2.24, 2.45) is 5.73 Å². The maximum atomic E-state index is 5.67. The summed E-state index contributed by atoms with van der Waals surface area (Å²) in [5, 5.41) is 0. The first kappa shape index (κ1) is 8.75. The lowest BCUT2D eigenvalue weighted by Gasteiger charge is -2.24. The van der Waals surface area contributed by atoms with Crippen molar-refractivity contribution in [1.29, 1.82) is 0 Å². The minimum atomic E-state index is 0.561. The fourth-order valence-corrected chi connectivity index (χ4v) is 2.30. The molecule has 13 heavy (non-hydrogen) atoms. The molecular weight excluding hydrogens is 162 g/mol. The van der Waals surface area contributed by atoms with E-state index in [1.54, 1.807) is 0 Å². The van der Waals surface area contributed by atoms with Crippen LogP contribution in [-0.4, -0.2) is 9.55 Å². The van der Waals surface area contributed by atoms with Crippen LogP contribution in [0.4, 0.5) is 0 Å². The predicted molar refractivity (Wildman–Crippen MR) is 52.5 cm³/mol. The van der Waals surface area contributed by atoms with Gasteiger partial charge in [0.15, 0.2) is 0 Å². The van der Waals surface area contributed by atoms with E-state index < -0.39 is 0 Å². The lowest BCUT2D eigenvalue weighted by atomic mass is 10.0. The Balaban J connectivity index is 2.52. The molecule has 0 saturated carbocycles. The van der Waals surface area contributed by atoms with E-state index in [9.17, 15) is 0 Å². The van der Waals surface area contributed by atoms with Gasteiger partial charge in [0.05, 0.1) is 12.2 Å². The quantitative estimate of drug-likeness (QED) is 0.710. The van der Waals surface area contributed by atoms with Crippen LogP contribution in [0.3, 0.4) is 0 Å². The Morgan fingerprint density at radius 1 is 1.62 bits per heavy atom. The monoisotopic (exact) mass is 179 g/mol. The zero-order valence-electron chi connectivity index (χ0n) is 8.38. The normalized spacial score (nSPS) is 21.6. The van der Waals surface area contributed by atoms with Gasteiger partial charge in [0, 0.05) is 11.7 Å². The van der Waals surface area contributed by atoms with Crippen molar-refractivity contribution in [2.75, 3.05) is 0 Å². The Morgan fingerprint density at radius 2 is 2.38 bits per heavy atom. The van der Waals surface area contributed by atoms with E-state index in [4.69, 9.17) is 5.73 Å². The molecule has 1 aromatic rings. The van der Waals surface area contributed by atoms with Gasteiger partial charge in [-0.15, -0.1) is 0 Å². The summed E-state index contributed by atoms with van der Waals surface area (Å²) in [6.07, 6.45) is 3.72. The fraction of sp³-hybridized carbons (Fsp3) is 0.700. The molecule has 0 fully saturated rings. The second-order valence-corrected chi connectivity index (χ2v) is 3.88. The number of imidazole rings is 1. The van der Waals surface area contributed by atoms with E-state index in [0.29, 0.717) is 12.6 Å². The van der Waals surface area contributed by atoms with Crippen LogP contribution in [0.2, 0.25) is 0 Å². The molecule has 0 amide bonds. The summed E-state index contributed by atoms with van der Waals surface area (Å²) in [6, 6.07) is 0.587. The van der Waals surface area contributed by atoms with Gasteiger partial charge in [0.25, 0.3) is 0 Å². The molecule has 1 aliphatic rings. The van der Waals surface area contributed by atoms with Gasteiger partial charge in [-0.3, -0.25) is 0 Å². The van der Waals surface area contributed by atoms with Crippen LogP contribution in [0.25, 0.3) is 0 Å². The van der Waals surface area contributed by atoms with E-state index in [1.807, 2.05) is 0 Å². The van der Waals surface area contributed by atoms with Gasteiger partial charge in [0.1, 0.15) is 5.82 Å². The van der Waals surface area contributed by atoms with Crippen LogP contribution < -0.4 is 5.73 Å². The molecule has 2 rings (SSSR count). The largest absolute Gasteiger partial charge is 0.328 e. The maximum absolute atomic E-state index is 5.67. The molecule has 2 heterocycles. The lowest BCUT2D eigenvalue weighted by Crippen LogP contribution is -2.19. The van der Waals surface area contributed by atoms with Gasteiger partial charge in [-0.25, -0.2) is 4.98 Å². The number of aromatic nitrogens is 2. The van der Waals surface area contributed by atoms with Crippen LogP contribution in [0.5, 0.6) is 0 Å². The molecule has 0 radical (unpaired) electrons. The standard InChI is InChI=1S/C10H17N3/c1-7-4-3-5-9-8(2)12-10(6-11)13(7)9/h7H,3-6,11H2,1-2H3. The molecular formula is C10H17N3. The minimum Gasteiger partial charge on any atom is -0.328 e. The number of aryl methyl sites for hydroxylation is 1. The summed E-state index contributed by atoms with van der Waals surface area (Å²) in [5.74, 6) is 1.06. The third-order valence-corrected chi connectivity index (χ3v) is 2.94. The number of rotatable bonds is 1. The third kappa shape index (κ3) is 1.27. The fourth-order valence-electron chi connectivity index (χ4n) is 2.30. The zero-order chi connectivity index (χ0) is 9.42. The Labute approximate surface area is 79.0 Å². The highest BCUT2D eigenvalue weighted by molar-refractivity contribution is 5.19. The van der Waals surface area contributed by atoms with Crippen LogP contribution >= 0.6 is 0 Å². The van der Waals surface area contributed by atoms with E-state index in [1.165, 1.54) is 30.7 Å². The molecule has 72 valence electrons. The lowest BCUT2D eigenvalue weighted by molar-refractivity contribution is 0.418. The summed E-state index contributed by atoms with van der Waals surface area (Å²) >= 11 is 0. The molecule has 1 unspecified atom stereocenters. The number of hydrogen-bond donors (Lipinski definition) is 1. The van der Waals surface area contributed by atoms with Gasteiger partial charge in [0.2, 0.25) is 0 Å². The Morgan fingerprint density at radius 3 is 3.08 bits per heavy atom. The van der Waals surface area contributed by atoms with Crippen molar-refractivity contribution in [3.05, 3.63) is 17.2 Å². The Bertz CT molecular complexity index is 314. The van der Waals surface area contributed by atoms with Crippen LogP contribution in [0, 0.1) is 6.92 Å². The van der Waals surface area contributed by atoms with E-state index in [-0.39, 0.29) is 0 Å².